The van der Waals surface area contributed by atoms with Crippen molar-refractivity contribution >= 4 is 10.2 Å². The maximum atomic E-state index is 12.3. The van der Waals surface area contributed by atoms with Gasteiger partial charge in [0.25, 0.3) is 10.2 Å². The van der Waals surface area contributed by atoms with Crippen molar-refractivity contribution in [3.8, 4) is 0 Å². The van der Waals surface area contributed by atoms with E-state index in [4.69, 9.17) is 0 Å². The molecule has 5 nitrogen and oxygen atoms in total. The Bertz CT molecular complexity index is 346. The lowest BCUT2D eigenvalue weighted by Gasteiger charge is -2.35. The molecule has 0 bridgehead atoms. The average molecular weight is 278 g/mol. The molecule has 3 unspecified atom stereocenters. The van der Waals surface area contributed by atoms with Gasteiger partial charge in [0.2, 0.25) is 0 Å². The van der Waals surface area contributed by atoms with Crippen LogP contribution in [0.4, 0.5) is 0 Å². The Labute approximate surface area is 111 Å². The summed E-state index contributed by atoms with van der Waals surface area (Å²) in [5.74, 6) is 0.846. The first-order chi connectivity index (χ1) is 8.26. The monoisotopic (exact) mass is 278 g/mol. The average Bonchev–Trinajstić information content (AvgIpc) is 2.24. The molecule has 108 valence electrons. The van der Waals surface area contributed by atoms with Gasteiger partial charge in [0, 0.05) is 19.1 Å². The van der Waals surface area contributed by atoms with E-state index in [0.29, 0.717) is 24.9 Å². The van der Waals surface area contributed by atoms with Crippen molar-refractivity contribution in [3.63, 3.8) is 0 Å². The van der Waals surface area contributed by atoms with Crippen molar-refractivity contribution in [3.05, 3.63) is 0 Å². The lowest BCUT2D eigenvalue weighted by molar-refractivity contribution is 0.205. The Kier molecular flexibility index (Phi) is 5.58. The Hall–Kier alpha value is -0.170. The van der Waals surface area contributed by atoms with E-state index in [9.17, 15) is 13.5 Å². The maximum absolute atomic E-state index is 12.3. The highest BCUT2D eigenvalue weighted by molar-refractivity contribution is 7.87. The van der Waals surface area contributed by atoms with Crippen LogP contribution in [0.2, 0.25) is 0 Å². The molecule has 0 aromatic heterocycles. The van der Waals surface area contributed by atoms with Crippen molar-refractivity contribution in [1.29, 1.82) is 0 Å². The van der Waals surface area contributed by atoms with Gasteiger partial charge in [0.15, 0.2) is 0 Å². The fraction of sp³-hybridized carbons (Fsp3) is 1.00. The molecule has 1 fully saturated rings. The third-order valence-corrected chi connectivity index (χ3v) is 5.06. The molecule has 18 heavy (non-hydrogen) atoms. The molecule has 0 aromatic carbocycles. The van der Waals surface area contributed by atoms with Crippen molar-refractivity contribution in [2.45, 2.75) is 40.2 Å². The van der Waals surface area contributed by atoms with Crippen molar-refractivity contribution in [2.24, 2.45) is 17.8 Å². The number of rotatable bonds is 5. The summed E-state index contributed by atoms with van der Waals surface area (Å²) >= 11 is 0. The van der Waals surface area contributed by atoms with Crippen molar-refractivity contribution in [2.75, 3.05) is 19.7 Å². The largest absolute Gasteiger partial charge is 0.395 e. The van der Waals surface area contributed by atoms with Gasteiger partial charge >= 0.3 is 0 Å². The highest BCUT2D eigenvalue weighted by Crippen LogP contribution is 2.23. The lowest BCUT2D eigenvalue weighted by Crippen LogP contribution is -2.52. The fourth-order valence-corrected chi connectivity index (χ4v) is 4.23. The third-order valence-electron chi connectivity index (χ3n) is 3.48. The molecule has 1 heterocycles. The van der Waals surface area contributed by atoms with E-state index in [2.05, 4.69) is 18.6 Å². The van der Waals surface area contributed by atoms with Gasteiger partial charge in [0.1, 0.15) is 0 Å². The van der Waals surface area contributed by atoms with Crippen LogP contribution >= 0.6 is 0 Å². The molecule has 0 amide bonds. The molecule has 2 N–H and O–H groups in total. The van der Waals surface area contributed by atoms with Crippen LogP contribution in [0.15, 0.2) is 0 Å². The number of hydrogen-bond acceptors (Lipinski definition) is 3. The SMILES string of the molecule is CC1CC(C)CN(S(=O)(=O)NC(CO)C(C)C)C1. The number of nitrogens with one attached hydrogen (secondary N) is 1. The van der Waals surface area contributed by atoms with Gasteiger partial charge in [-0.3, -0.25) is 0 Å². The Morgan fingerprint density at radius 3 is 2.17 bits per heavy atom. The molecule has 0 aliphatic carbocycles. The smallest absolute Gasteiger partial charge is 0.279 e. The predicted octanol–water partition coefficient (Wildman–Crippen LogP) is 0.816. The number of hydrogen-bond donors (Lipinski definition) is 2. The number of nitrogens with zero attached hydrogens (tertiary/aromatic N) is 1. The summed E-state index contributed by atoms with van der Waals surface area (Å²) in [6.45, 7) is 8.89. The summed E-state index contributed by atoms with van der Waals surface area (Å²) in [4.78, 5) is 0. The third kappa shape index (κ3) is 4.19. The number of aliphatic hydroxyl groups is 1. The minimum Gasteiger partial charge on any atom is -0.395 e. The van der Waals surface area contributed by atoms with Gasteiger partial charge in [-0.25, -0.2) is 0 Å². The van der Waals surface area contributed by atoms with Gasteiger partial charge in [0.05, 0.1) is 6.61 Å². The van der Waals surface area contributed by atoms with Gasteiger partial charge < -0.3 is 5.11 Å². The Morgan fingerprint density at radius 2 is 1.78 bits per heavy atom. The first-order valence-electron chi connectivity index (χ1n) is 6.64. The topological polar surface area (TPSA) is 69.6 Å². The quantitative estimate of drug-likeness (QED) is 0.782. The molecular formula is C12H26N2O3S. The molecule has 1 saturated heterocycles. The summed E-state index contributed by atoms with van der Waals surface area (Å²) in [6.07, 6.45) is 1.07. The van der Waals surface area contributed by atoms with Crippen LogP contribution in [0.1, 0.15) is 34.1 Å². The molecule has 0 aromatic rings. The van der Waals surface area contributed by atoms with E-state index >= 15 is 0 Å². The van der Waals surface area contributed by atoms with E-state index in [1.807, 2.05) is 13.8 Å². The standard InChI is InChI=1S/C12H26N2O3S/c1-9(2)12(8-15)13-18(16,17)14-6-10(3)5-11(4)7-14/h9-13,15H,5-8H2,1-4H3. The van der Waals surface area contributed by atoms with Crippen LogP contribution in [-0.4, -0.2) is 43.6 Å². The zero-order chi connectivity index (χ0) is 13.9. The lowest BCUT2D eigenvalue weighted by atomic mass is 9.94. The molecule has 1 aliphatic heterocycles. The van der Waals surface area contributed by atoms with E-state index in [1.54, 1.807) is 0 Å². The molecule has 3 atom stereocenters. The van der Waals surface area contributed by atoms with Crippen LogP contribution in [0, 0.1) is 17.8 Å². The summed E-state index contributed by atoms with van der Waals surface area (Å²) < 4.78 is 28.6. The first-order valence-corrected chi connectivity index (χ1v) is 8.08. The van der Waals surface area contributed by atoms with Crippen LogP contribution in [0.5, 0.6) is 0 Å². The number of aliphatic hydroxyl groups excluding tert-OH is 1. The number of piperidine rings is 1. The molecular weight excluding hydrogens is 252 g/mol. The minimum atomic E-state index is -3.48. The summed E-state index contributed by atoms with van der Waals surface area (Å²) in [5, 5.41) is 9.22. The van der Waals surface area contributed by atoms with Crippen LogP contribution in [-0.2, 0) is 10.2 Å². The molecule has 0 radical (unpaired) electrons. The van der Waals surface area contributed by atoms with E-state index < -0.39 is 16.3 Å². The van der Waals surface area contributed by atoms with Gasteiger partial charge in [-0.2, -0.15) is 17.4 Å². The first kappa shape index (κ1) is 15.9. The summed E-state index contributed by atoms with van der Waals surface area (Å²) in [7, 11) is -3.48. The summed E-state index contributed by atoms with van der Waals surface area (Å²) in [6, 6.07) is -0.414. The Morgan fingerprint density at radius 1 is 1.28 bits per heavy atom. The maximum Gasteiger partial charge on any atom is 0.279 e. The highest BCUT2D eigenvalue weighted by Gasteiger charge is 2.32. The highest BCUT2D eigenvalue weighted by atomic mass is 32.2. The van der Waals surface area contributed by atoms with Crippen molar-refractivity contribution in [1.82, 2.24) is 9.03 Å². The minimum absolute atomic E-state index is 0.0735. The molecule has 1 aliphatic rings. The van der Waals surface area contributed by atoms with Gasteiger partial charge in [-0.15, -0.1) is 0 Å². The van der Waals surface area contributed by atoms with E-state index in [-0.39, 0.29) is 12.5 Å². The van der Waals surface area contributed by atoms with E-state index in [0.717, 1.165) is 6.42 Å². The van der Waals surface area contributed by atoms with E-state index in [1.165, 1.54) is 4.31 Å². The van der Waals surface area contributed by atoms with Crippen molar-refractivity contribution < 1.29 is 13.5 Å². The second-order valence-electron chi connectivity index (χ2n) is 5.92. The fourth-order valence-electron chi connectivity index (χ4n) is 2.45. The zero-order valence-electron chi connectivity index (χ0n) is 11.8. The van der Waals surface area contributed by atoms with Crippen LogP contribution in [0.25, 0.3) is 0 Å². The van der Waals surface area contributed by atoms with Gasteiger partial charge in [-0.1, -0.05) is 27.7 Å². The molecule has 0 spiro atoms. The normalized spacial score (nSPS) is 28.6. The molecule has 6 heteroatoms. The zero-order valence-corrected chi connectivity index (χ0v) is 12.6. The summed E-state index contributed by atoms with van der Waals surface area (Å²) in [5.41, 5.74) is 0. The predicted molar refractivity (Wildman–Crippen MR) is 72.3 cm³/mol. The second kappa shape index (κ2) is 6.32. The molecule has 0 saturated carbocycles. The second-order valence-corrected chi connectivity index (χ2v) is 7.62. The van der Waals surface area contributed by atoms with Crippen LogP contribution < -0.4 is 4.72 Å². The van der Waals surface area contributed by atoms with Gasteiger partial charge in [-0.05, 0) is 24.2 Å². The van der Waals surface area contributed by atoms with Crippen LogP contribution in [0.3, 0.4) is 0 Å². The molecule has 1 rings (SSSR count). The Balaban J connectivity index is 2.73.